The van der Waals surface area contributed by atoms with Crippen molar-refractivity contribution >= 4 is 35.1 Å². The molecule has 156 valence electrons. The number of hydrogen-bond donors (Lipinski definition) is 1. The molecule has 1 amide bonds. The van der Waals surface area contributed by atoms with E-state index in [1.165, 1.54) is 6.42 Å². The number of likely N-dealkylation sites (N-methyl/N-ethyl adjacent to an activating group) is 1. The molecule has 0 atom stereocenters. The first-order chi connectivity index (χ1) is 13.4. The molecular weight excluding hydrogens is 399 g/mol. The van der Waals surface area contributed by atoms with Gasteiger partial charge in [0.05, 0.1) is 16.7 Å². The van der Waals surface area contributed by atoms with Crippen LogP contribution in [0.1, 0.15) is 62.2 Å². The van der Waals surface area contributed by atoms with Gasteiger partial charge in [0.15, 0.2) is 0 Å². The zero-order valence-corrected chi connectivity index (χ0v) is 18.2. The van der Waals surface area contributed by atoms with Crippen LogP contribution in [-0.2, 0) is 9.53 Å². The highest BCUT2D eigenvalue weighted by Gasteiger charge is 2.36. The van der Waals surface area contributed by atoms with Crippen molar-refractivity contribution in [2.45, 2.75) is 57.4 Å². The van der Waals surface area contributed by atoms with Crippen molar-refractivity contribution in [2.75, 3.05) is 26.7 Å². The van der Waals surface area contributed by atoms with E-state index in [4.69, 9.17) is 27.9 Å². The summed E-state index contributed by atoms with van der Waals surface area (Å²) in [4.78, 5) is 26.5. The van der Waals surface area contributed by atoms with Crippen LogP contribution in [0.15, 0.2) is 18.2 Å². The molecule has 0 heterocycles. The third kappa shape index (κ3) is 6.36. The Balaban J connectivity index is 1.96. The lowest BCUT2D eigenvalue weighted by atomic mass is 9.80. The molecule has 1 aliphatic rings. The van der Waals surface area contributed by atoms with Gasteiger partial charge in [-0.2, -0.15) is 0 Å². The zero-order valence-electron chi connectivity index (χ0n) is 16.7. The minimum absolute atomic E-state index is 0.0845. The summed E-state index contributed by atoms with van der Waals surface area (Å²) in [5.74, 6) is -0.301. The van der Waals surface area contributed by atoms with Crippen LogP contribution in [-0.4, -0.2) is 49.1 Å². The third-order valence-corrected chi connectivity index (χ3v) is 6.27. The fraction of sp³-hybridized carbons (Fsp3) is 0.619. The lowest BCUT2D eigenvalue weighted by Gasteiger charge is -2.45. The molecule has 1 aromatic rings. The van der Waals surface area contributed by atoms with Crippen LogP contribution < -0.4 is 5.32 Å². The Hall–Kier alpha value is -1.30. The summed E-state index contributed by atoms with van der Waals surface area (Å²) in [6.07, 6.45) is 6.74. The van der Waals surface area contributed by atoms with Crippen molar-refractivity contribution in [2.24, 2.45) is 0 Å². The van der Waals surface area contributed by atoms with E-state index in [2.05, 4.69) is 17.3 Å². The molecule has 0 unspecified atom stereocenters. The second-order valence-electron chi connectivity index (χ2n) is 7.43. The molecule has 2 rings (SSSR count). The number of benzene rings is 1. The van der Waals surface area contributed by atoms with Gasteiger partial charge >= 0.3 is 5.97 Å². The van der Waals surface area contributed by atoms with E-state index in [-0.39, 0.29) is 17.4 Å². The summed E-state index contributed by atoms with van der Waals surface area (Å²) in [5.41, 5.74) is 0.420. The minimum atomic E-state index is -0.151. The van der Waals surface area contributed by atoms with E-state index >= 15 is 0 Å². The third-order valence-electron chi connectivity index (χ3n) is 5.53. The summed E-state index contributed by atoms with van der Waals surface area (Å²) in [6.45, 7) is 3.60. The van der Waals surface area contributed by atoms with Gasteiger partial charge in [-0.05, 0) is 58.0 Å². The Morgan fingerprint density at radius 1 is 1.18 bits per heavy atom. The topological polar surface area (TPSA) is 58.6 Å². The van der Waals surface area contributed by atoms with Crippen LogP contribution in [0.5, 0.6) is 0 Å². The number of carbonyl (C=O) groups is 2. The highest BCUT2D eigenvalue weighted by atomic mass is 35.5. The van der Waals surface area contributed by atoms with Gasteiger partial charge < -0.3 is 10.1 Å². The van der Waals surface area contributed by atoms with Crippen LogP contribution in [0.25, 0.3) is 0 Å². The summed E-state index contributed by atoms with van der Waals surface area (Å²) >= 11 is 12.0. The van der Waals surface area contributed by atoms with Gasteiger partial charge in [-0.15, -0.1) is 0 Å². The van der Waals surface area contributed by atoms with Gasteiger partial charge in [0, 0.05) is 24.1 Å². The van der Waals surface area contributed by atoms with Crippen molar-refractivity contribution in [1.29, 1.82) is 0 Å². The van der Waals surface area contributed by atoms with Crippen LogP contribution in [0.3, 0.4) is 0 Å². The summed E-state index contributed by atoms with van der Waals surface area (Å²) in [6, 6.07) is 4.91. The molecule has 1 saturated carbocycles. The molecular formula is C21H30Cl2N2O3. The Morgan fingerprint density at radius 3 is 2.54 bits per heavy atom. The molecule has 0 radical (unpaired) electrons. The van der Waals surface area contributed by atoms with E-state index in [1.807, 2.05) is 6.92 Å². The average Bonchev–Trinajstić information content (AvgIpc) is 2.69. The molecule has 1 N–H and O–H groups in total. The van der Waals surface area contributed by atoms with Crippen molar-refractivity contribution in [3.8, 4) is 0 Å². The van der Waals surface area contributed by atoms with E-state index in [0.29, 0.717) is 35.2 Å². The fourth-order valence-electron chi connectivity index (χ4n) is 3.82. The summed E-state index contributed by atoms with van der Waals surface area (Å²) in [7, 11) is 2.09. The quantitative estimate of drug-likeness (QED) is 0.578. The number of nitrogens with zero attached hydrogens (tertiary/aromatic N) is 1. The SMILES string of the molecule is CCOC(=O)CCCN(C)C1(CNC(=O)c2ccc(Cl)c(Cl)c2)CCCCC1. The van der Waals surface area contributed by atoms with Gasteiger partial charge in [0.1, 0.15) is 0 Å². The Labute approximate surface area is 177 Å². The predicted octanol–water partition coefficient (Wildman–Crippen LogP) is 4.70. The van der Waals surface area contributed by atoms with Gasteiger partial charge in [0.25, 0.3) is 5.91 Å². The molecule has 28 heavy (non-hydrogen) atoms. The summed E-state index contributed by atoms with van der Waals surface area (Å²) in [5, 5.41) is 3.89. The van der Waals surface area contributed by atoms with Crippen LogP contribution in [0.2, 0.25) is 10.0 Å². The molecule has 1 aliphatic carbocycles. The lowest BCUT2D eigenvalue weighted by molar-refractivity contribution is -0.143. The van der Waals surface area contributed by atoms with E-state index in [9.17, 15) is 9.59 Å². The van der Waals surface area contributed by atoms with Crippen molar-refractivity contribution in [3.05, 3.63) is 33.8 Å². The molecule has 5 nitrogen and oxygen atoms in total. The standard InChI is InChI=1S/C21H30Cl2N2O3/c1-3-28-19(26)8-7-13-25(2)21(11-5-4-6-12-21)15-24-20(27)16-9-10-17(22)18(23)14-16/h9-10,14H,3-8,11-13,15H2,1-2H3,(H,24,27). The Morgan fingerprint density at radius 2 is 1.89 bits per heavy atom. The maximum atomic E-state index is 12.6. The molecule has 1 aromatic carbocycles. The summed E-state index contributed by atoms with van der Waals surface area (Å²) < 4.78 is 5.01. The predicted molar refractivity (Wildman–Crippen MR) is 113 cm³/mol. The molecule has 7 heteroatoms. The second-order valence-corrected chi connectivity index (χ2v) is 8.24. The monoisotopic (exact) mass is 428 g/mol. The van der Waals surface area contributed by atoms with E-state index < -0.39 is 0 Å². The number of ether oxygens (including phenoxy) is 1. The van der Waals surface area contributed by atoms with E-state index in [0.717, 1.165) is 38.6 Å². The molecule has 0 aliphatic heterocycles. The van der Waals surface area contributed by atoms with Gasteiger partial charge in [-0.3, -0.25) is 14.5 Å². The number of rotatable bonds is 9. The first-order valence-corrected chi connectivity index (χ1v) is 10.7. The van der Waals surface area contributed by atoms with Crippen molar-refractivity contribution < 1.29 is 14.3 Å². The van der Waals surface area contributed by atoms with Crippen LogP contribution in [0, 0.1) is 0 Å². The first-order valence-electron chi connectivity index (χ1n) is 9.98. The highest BCUT2D eigenvalue weighted by Crippen LogP contribution is 2.33. The fourth-order valence-corrected chi connectivity index (χ4v) is 4.12. The van der Waals surface area contributed by atoms with Gasteiger partial charge in [-0.1, -0.05) is 42.5 Å². The molecule has 0 saturated heterocycles. The lowest BCUT2D eigenvalue weighted by Crippen LogP contribution is -2.55. The number of halogens is 2. The highest BCUT2D eigenvalue weighted by molar-refractivity contribution is 6.42. The Bertz CT molecular complexity index is 676. The first kappa shape index (κ1) is 23.0. The number of amides is 1. The maximum Gasteiger partial charge on any atom is 0.305 e. The molecule has 0 bridgehead atoms. The normalized spacial score (nSPS) is 16.0. The van der Waals surface area contributed by atoms with Crippen LogP contribution >= 0.6 is 23.2 Å². The number of esters is 1. The molecule has 0 spiro atoms. The smallest absolute Gasteiger partial charge is 0.305 e. The largest absolute Gasteiger partial charge is 0.466 e. The number of carbonyl (C=O) groups excluding carboxylic acids is 2. The van der Waals surface area contributed by atoms with Crippen LogP contribution in [0.4, 0.5) is 0 Å². The van der Waals surface area contributed by atoms with E-state index in [1.54, 1.807) is 18.2 Å². The number of hydrogen-bond acceptors (Lipinski definition) is 4. The maximum absolute atomic E-state index is 12.6. The van der Waals surface area contributed by atoms with Crippen molar-refractivity contribution in [3.63, 3.8) is 0 Å². The Kier molecular flexibility index (Phi) is 9.06. The molecule has 0 aromatic heterocycles. The minimum Gasteiger partial charge on any atom is -0.466 e. The molecule has 1 fully saturated rings. The average molecular weight is 429 g/mol. The zero-order chi connectivity index (χ0) is 20.6. The van der Waals surface area contributed by atoms with Crippen molar-refractivity contribution in [1.82, 2.24) is 10.2 Å². The second kappa shape index (κ2) is 11.0. The van der Waals surface area contributed by atoms with Gasteiger partial charge in [0.2, 0.25) is 0 Å². The number of nitrogens with one attached hydrogen (secondary N) is 1. The van der Waals surface area contributed by atoms with Gasteiger partial charge in [-0.25, -0.2) is 0 Å².